The molecule has 0 aliphatic heterocycles. The molecule has 2 aliphatic carbocycles. The number of halogens is 1. The summed E-state index contributed by atoms with van der Waals surface area (Å²) in [6.07, 6.45) is 5.71. The highest BCUT2D eigenvalue weighted by Gasteiger charge is 2.30. The molecule has 0 heterocycles. The summed E-state index contributed by atoms with van der Waals surface area (Å²) in [4.78, 5) is 0.501. The molecule has 2 fully saturated rings. The monoisotopic (exact) mass is 295 g/mol. The SMILES string of the molecule is O=S(=O)(CC1CC1)NCC1CCCC1Br. The standard InChI is InChI=1S/C10H18BrNO2S/c11-10-3-1-2-9(10)6-12-15(13,14)7-8-4-5-8/h8-10,12H,1-7H2. The first kappa shape index (κ1) is 11.9. The quantitative estimate of drug-likeness (QED) is 0.787. The summed E-state index contributed by atoms with van der Waals surface area (Å²) < 4.78 is 26.0. The molecular formula is C10H18BrNO2S. The highest BCUT2D eigenvalue weighted by molar-refractivity contribution is 9.09. The molecule has 15 heavy (non-hydrogen) atoms. The van der Waals surface area contributed by atoms with Crippen molar-refractivity contribution in [1.29, 1.82) is 0 Å². The van der Waals surface area contributed by atoms with Crippen molar-refractivity contribution in [2.24, 2.45) is 11.8 Å². The Bertz CT molecular complexity index is 313. The van der Waals surface area contributed by atoms with Gasteiger partial charge in [-0.1, -0.05) is 22.4 Å². The van der Waals surface area contributed by atoms with Gasteiger partial charge in [0.25, 0.3) is 0 Å². The van der Waals surface area contributed by atoms with Gasteiger partial charge < -0.3 is 0 Å². The zero-order valence-corrected chi connectivity index (χ0v) is 11.2. The zero-order chi connectivity index (χ0) is 10.9. The van der Waals surface area contributed by atoms with Gasteiger partial charge >= 0.3 is 0 Å². The number of alkyl halides is 1. The Kier molecular flexibility index (Phi) is 3.73. The molecular weight excluding hydrogens is 278 g/mol. The first-order valence-electron chi connectivity index (χ1n) is 5.68. The number of hydrogen-bond donors (Lipinski definition) is 1. The third-order valence-electron chi connectivity index (χ3n) is 3.28. The summed E-state index contributed by atoms with van der Waals surface area (Å²) in [6.45, 7) is 0.616. The lowest BCUT2D eigenvalue weighted by molar-refractivity contribution is 0.528. The van der Waals surface area contributed by atoms with E-state index in [-0.39, 0.29) is 0 Å². The van der Waals surface area contributed by atoms with Crippen LogP contribution in [0.2, 0.25) is 0 Å². The van der Waals surface area contributed by atoms with Crippen molar-refractivity contribution < 1.29 is 8.42 Å². The fourth-order valence-electron chi connectivity index (χ4n) is 2.11. The van der Waals surface area contributed by atoms with Crippen molar-refractivity contribution in [1.82, 2.24) is 4.72 Å². The smallest absolute Gasteiger partial charge is 0.211 e. The van der Waals surface area contributed by atoms with Crippen molar-refractivity contribution in [3.63, 3.8) is 0 Å². The third kappa shape index (κ3) is 3.71. The molecule has 2 atom stereocenters. The fraction of sp³-hybridized carbons (Fsp3) is 1.00. The van der Waals surface area contributed by atoms with E-state index >= 15 is 0 Å². The highest BCUT2D eigenvalue weighted by Crippen LogP contribution is 2.32. The van der Waals surface area contributed by atoms with E-state index in [2.05, 4.69) is 20.7 Å². The summed E-state index contributed by atoms with van der Waals surface area (Å²) in [7, 11) is -3.00. The molecule has 2 saturated carbocycles. The van der Waals surface area contributed by atoms with E-state index in [0.717, 1.165) is 19.3 Å². The van der Waals surface area contributed by atoms with Crippen LogP contribution >= 0.6 is 15.9 Å². The van der Waals surface area contributed by atoms with Crippen LogP contribution in [0.1, 0.15) is 32.1 Å². The Morgan fingerprint density at radius 1 is 1.20 bits per heavy atom. The number of nitrogens with one attached hydrogen (secondary N) is 1. The Labute approximate surface area is 100 Å². The molecule has 1 N–H and O–H groups in total. The molecule has 0 radical (unpaired) electrons. The third-order valence-corrected chi connectivity index (χ3v) is 6.01. The second-order valence-electron chi connectivity index (χ2n) is 4.78. The van der Waals surface area contributed by atoms with Gasteiger partial charge in [-0.3, -0.25) is 0 Å². The molecule has 0 aromatic carbocycles. The molecule has 2 unspecified atom stereocenters. The molecule has 2 aliphatic rings. The normalized spacial score (nSPS) is 32.1. The zero-order valence-electron chi connectivity index (χ0n) is 8.78. The Hall–Kier alpha value is 0.390. The first-order valence-corrected chi connectivity index (χ1v) is 8.25. The predicted octanol–water partition coefficient (Wildman–Crippen LogP) is 1.88. The fourth-order valence-corrected chi connectivity index (χ4v) is 4.42. The first-order chi connectivity index (χ1) is 7.07. The Balaban J connectivity index is 1.76. The number of hydrogen-bond acceptors (Lipinski definition) is 2. The molecule has 0 amide bonds. The minimum Gasteiger partial charge on any atom is -0.215 e. The summed E-state index contributed by atoms with van der Waals surface area (Å²) in [6, 6.07) is 0. The maximum absolute atomic E-state index is 11.6. The molecule has 0 spiro atoms. The van der Waals surface area contributed by atoms with Crippen LogP contribution in [0.3, 0.4) is 0 Å². The molecule has 0 aromatic heterocycles. The maximum Gasteiger partial charge on any atom is 0.211 e. The second kappa shape index (κ2) is 4.72. The van der Waals surface area contributed by atoms with Crippen molar-refractivity contribution >= 4 is 26.0 Å². The van der Waals surface area contributed by atoms with Crippen molar-refractivity contribution in [2.45, 2.75) is 36.9 Å². The van der Waals surface area contributed by atoms with Gasteiger partial charge in [-0.25, -0.2) is 13.1 Å². The molecule has 2 rings (SSSR count). The van der Waals surface area contributed by atoms with Crippen molar-refractivity contribution in [3.05, 3.63) is 0 Å². The molecule has 0 saturated heterocycles. The average molecular weight is 296 g/mol. The van der Waals surface area contributed by atoms with Crippen molar-refractivity contribution in [3.8, 4) is 0 Å². The van der Waals surface area contributed by atoms with Crippen LogP contribution in [0.15, 0.2) is 0 Å². The van der Waals surface area contributed by atoms with Gasteiger partial charge in [0.1, 0.15) is 0 Å². The lowest BCUT2D eigenvalue weighted by Gasteiger charge is -2.14. The summed E-state index contributed by atoms with van der Waals surface area (Å²) >= 11 is 3.60. The van der Waals surface area contributed by atoms with E-state index < -0.39 is 10.0 Å². The van der Waals surface area contributed by atoms with E-state index in [9.17, 15) is 8.42 Å². The van der Waals surface area contributed by atoms with E-state index in [1.54, 1.807) is 0 Å². The lowest BCUT2D eigenvalue weighted by atomic mass is 10.1. The van der Waals surface area contributed by atoms with Gasteiger partial charge in [-0.05, 0) is 37.5 Å². The van der Waals surface area contributed by atoms with Gasteiger partial charge in [-0.2, -0.15) is 0 Å². The van der Waals surface area contributed by atoms with Gasteiger partial charge in [-0.15, -0.1) is 0 Å². The highest BCUT2D eigenvalue weighted by atomic mass is 79.9. The van der Waals surface area contributed by atoms with Crippen LogP contribution in [0.25, 0.3) is 0 Å². The Morgan fingerprint density at radius 3 is 2.47 bits per heavy atom. The largest absolute Gasteiger partial charge is 0.215 e. The van der Waals surface area contributed by atoms with E-state index in [1.807, 2.05) is 0 Å². The van der Waals surface area contributed by atoms with Crippen LogP contribution < -0.4 is 4.72 Å². The van der Waals surface area contributed by atoms with Crippen LogP contribution in [0.5, 0.6) is 0 Å². The van der Waals surface area contributed by atoms with Crippen LogP contribution in [0, 0.1) is 11.8 Å². The van der Waals surface area contributed by atoms with Gasteiger partial charge in [0, 0.05) is 11.4 Å². The average Bonchev–Trinajstić information content (AvgIpc) is 2.84. The molecule has 0 bridgehead atoms. The van der Waals surface area contributed by atoms with Gasteiger partial charge in [0.15, 0.2) is 0 Å². The Morgan fingerprint density at radius 2 is 1.93 bits per heavy atom. The summed E-state index contributed by atoms with van der Waals surface area (Å²) in [5, 5.41) is 0. The topological polar surface area (TPSA) is 46.2 Å². The van der Waals surface area contributed by atoms with Crippen LogP contribution in [-0.2, 0) is 10.0 Å². The van der Waals surface area contributed by atoms with E-state index in [4.69, 9.17) is 0 Å². The predicted molar refractivity (Wildman–Crippen MR) is 64.6 cm³/mol. The van der Waals surface area contributed by atoms with Crippen molar-refractivity contribution in [2.75, 3.05) is 12.3 Å². The van der Waals surface area contributed by atoms with Gasteiger partial charge in [0.2, 0.25) is 10.0 Å². The summed E-state index contributed by atoms with van der Waals surface area (Å²) in [5.41, 5.74) is 0. The van der Waals surface area contributed by atoms with Gasteiger partial charge in [0.05, 0.1) is 5.75 Å². The van der Waals surface area contributed by atoms with E-state index in [0.29, 0.717) is 29.0 Å². The number of sulfonamides is 1. The lowest BCUT2D eigenvalue weighted by Crippen LogP contribution is -2.33. The molecule has 88 valence electrons. The second-order valence-corrected chi connectivity index (χ2v) is 7.81. The van der Waals surface area contributed by atoms with E-state index in [1.165, 1.54) is 12.8 Å². The van der Waals surface area contributed by atoms with Crippen LogP contribution in [0.4, 0.5) is 0 Å². The van der Waals surface area contributed by atoms with Crippen LogP contribution in [-0.4, -0.2) is 25.5 Å². The number of rotatable bonds is 5. The summed E-state index contributed by atoms with van der Waals surface area (Å²) in [5.74, 6) is 1.26. The molecule has 3 nitrogen and oxygen atoms in total. The molecule has 5 heteroatoms. The minimum atomic E-state index is -3.00. The maximum atomic E-state index is 11.6. The molecule has 0 aromatic rings. The minimum absolute atomic E-state index is 0.340.